The highest BCUT2D eigenvalue weighted by Gasteiger charge is 2.34. The molecule has 20 heavy (non-hydrogen) atoms. The molecule has 1 aromatic rings. The van der Waals surface area contributed by atoms with Crippen LogP contribution >= 0.6 is 27.5 Å². The molecule has 1 saturated heterocycles. The molecule has 1 unspecified atom stereocenters. The Morgan fingerprint density at radius 1 is 1.50 bits per heavy atom. The van der Waals surface area contributed by atoms with Gasteiger partial charge in [-0.15, -0.1) is 0 Å². The zero-order valence-electron chi connectivity index (χ0n) is 10.8. The summed E-state index contributed by atoms with van der Waals surface area (Å²) in [5, 5.41) is 2.75. The van der Waals surface area contributed by atoms with Crippen LogP contribution in [0.2, 0.25) is 5.02 Å². The number of anilines is 1. The summed E-state index contributed by atoms with van der Waals surface area (Å²) in [6.07, 6.45) is 1.32. The van der Waals surface area contributed by atoms with Crippen molar-refractivity contribution < 1.29 is 14.0 Å². The van der Waals surface area contributed by atoms with Gasteiger partial charge in [-0.05, 0) is 34.5 Å². The number of piperazine rings is 1. The zero-order chi connectivity index (χ0) is 14.9. The van der Waals surface area contributed by atoms with Crippen molar-refractivity contribution in [1.29, 1.82) is 0 Å². The molecule has 0 radical (unpaired) electrons. The second-order valence-electron chi connectivity index (χ2n) is 4.55. The number of benzene rings is 1. The second-order valence-corrected chi connectivity index (χ2v) is 5.81. The summed E-state index contributed by atoms with van der Waals surface area (Å²) in [5.74, 6) is -0.999. The molecule has 4 nitrogen and oxygen atoms in total. The highest BCUT2D eigenvalue weighted by Crippen LogP contribution is 2.36. The Morgan fingerprint density at radius 3 is 2.80 bits per heavy atom. The average molecular weight is 364 g/mol. The lowest BCUT2D eigenvalue weighted by Gasteiger charge is -2.33. The minimum Gasteiger partial charge on any atom is -0.343 e. The van der Waals surface area contributed by atoms with Crippen LogP contribution in [0.3, 0.4) is 0 Å². The lowest BCUT2D eigenvalue weighted by Crippen LogP contribution is -2.58. The zero-order valence-corrected chi connectivity index (χ0v) is 13.1. The Labute approximate surface area is 129 Å². The molecule has 1 atom stereocenters. The first-order chi connectivity index (χ1) is 9.43. The lowest BCUT2D eigenvalue weighted by molar-refractivity contribution is -0.131. The number of hydrogen-bond acceptors (Lipinski definition) is 2. The molecule has 0 spiro atoms. The van der Waals surface area contributed by atoms with E-state index in [0.717, 1.165) is 12.5 Å². The highest BCUT2D eigenvalue weighted by molar-refractivity contribution is 9.10. The topological polar surface area (TPSA) is 49.4 Å². The van der Waals surface area contributed by atoms with E-state index in [9.17, 15) is 14.0 Å². The van der Waals surface area contributed by atoms with E-state index >= 15 is 0 Å². The Hall–Kier alpha value is -1.14. The van der Waals surface area contributed by atoms with Crippen LogP contribution in [-0.2, 0) is 9.59 Å². The van der Waals surface area contributed by atoms with Crippen molar-refractivity contribution in [3.63, 3.8) is 0 Å². The van der Waals surface area contributed by atoms with Crippen LogP contribution in [0.1, 0.15) is 19.8 Å². The number of halogens is 3. The summed E-state index contributed by atoms with van der Waals surface area (Å²) >= 11 is 9.20. The molecular formula is C13H13BrClFN2O2. The van der Waals surface area contributed by atoms with Gasteiger partial charge in [-0.3, -0.25) is 14.5 Å². The molecule has 0 bridgehead atoms. The van der Waals surface area contributed by atoms with Crippen LogP contribution < -0.4 is 10.2 Å². The van der Waals surface area contributed by atoms with Crippen molar-refractivity contribution in [3.8, 4) is 0 Å². The quantitative estimate of drug-likeness (QED) is 0.898. The Kier molecular flexibility index (Phi) is 4.65. The largest absolute Gasteiger partial charge is 0.343 e. The fourth-order valence-corrected chi connectivity index (χ4v) is 3.25. The third-order valence-corrected chi connectivity index (χ3v) is 3.92. The minimum atomic E-state index is -0.561. The third kappa shape index (κ3) is 2.96. The fourth-order valence-electron chi connectivity index (χ4n) is 2.18. The smallest absolute Gasteiger partial charge is 0.250 e. The van der Waals surface area contributed by atoms with E-state index in [0.29, 0.717) is 16.6 Å². The maximum Gasteiger partial charge on any atom is 0.250 e. The average Bonchev–Trinajstić information content (AvgIpc) is 2.33. The molecule has 2 amide bonds. The maximum atomic E-state index is 13.2. The monoisotopic (exact) mass is 362 g/mol. The number of nitrogens with zero attached hydrogens (tertiary/aromatic N) is 1. The molecule has 1 aliphatic heterocycles. The lowest BCUT2D eigenvalue weighted by atomic mass is 10.1. The Morgan fingerprint density at radius 2 is 2.20 bits per heavy atom. The molecule has 1 fully saturated rings. The predicted molar refractivity (Wildman–Crippen MR) is 78.3 cm³/mol. The second kappa shape index (κ2) is 6.10. The fraction of sp³-hybridized carbons (Fsp3) is 0.385. The molecule has 0 aliphatic carbocycles. The number of rotatable bonds is 3. The van der Waals surface area contributed by atoms with Gasteiger partial charge in [-0.25, -0.2) is 4.39 Å². The van der Waals surface area contributed by atoms with Gasteiger partial charge < -0.3 is 5.32 Å². The van der Waals surface area contributed by atoms with Crippen molar-refractivity contribution in [2.45, 2.75) is 25.8 Å². The van der Waals surface area contributed by atoms with E-state index < -0.39 is 11.9 Å². The van der Waals surface area contributed by atoms with Crippen LogP contribution in [0.25, 0.3) is 0 Å². The first kappa shape index (κ1) is 15.3. The van der Waals surface area contributed by atoms with E-state index in [4.69, 9.17) is 11.6 Å². The van der Waals surface area contributed by atoms with Gasteiger partial charge in [0.25, 0.3) is 0 Å². The normalized spacial score (nSPS) is 19.2. The molecule has 1 aliphatic rings. The highest BCUT2D eigenvalue weighted by atomic mass is 79.9. The van der Waals surface area contributed by atoms with Crippen molar-refractivity contribution in [2.24, 2.45) is 0 Å². The van der Waals surface area contributed by atoms with Crippen LogP contribution in [0.15, 0.2) is 16.6 Å². The van der Waals surface area contributed by atoms with Crippen molar-refractivity contribution in [1.82, 2.24) is 5.32 Å². The molecule has 1 heterocycles. The van der Waals surface area contributed by atoms with Crippen molar-refractivity contribution in [3.05, 3.63) is 27.4 Å². The van der Waals surface area contributed by atoms with Crippen molar-refractivity contribution in [2.75, 3.05) is 11.4 Å². The van der Waals surface area contributed by atoms with Gasteiger partial charge in [0.1, 0.15) is 18.4 Å². The van der Waals surface area contributed by atoms with Gasteiger partial charge in [0.15, 0.2) is 0 Å². The van der Waals surface area contributed by atoms with Crippen LogP contribution in [0.4, 0.5) is 10.1 Å². The summed E-state index contributed by atoms with van der Waals surface area (Å²) in [7, 11) is 0. The summed E-state index contributed by atoms with van der Waals surface area (Å²) < 4.78 is 13.6. The molecule has 0 aromatic heterocycles. The van der Waals surface area contributed by atoms with Crippen LogP contribution in [0, 0.1) is 5.82 Å². The first-order valence-corrected chi connectivity index (χ1v) is 7.36. The summed E-state index contributed by atoms with van der Waals surface area (Å²) in [6.45, 7) is 1.81. The molecule has 1 N–H and O–H groups in total. The van der Waals surface area contributed by atoms with Gasteiger partial charge in [0, 0.05) is 4.47 Å². The number of carbonyl (C=O) groups excluding carboxylic acids is 2. The van der Waals surface area contributed by atoms with E-state index in [-0.39, 0.29) is 23.4 Å². The number of hydrogen-bond donors (Lipinski definition) is 1. The summed E-state index contributed by atoms with van der Waals surface area (Å²) in [5.41, 5.74) is 0.328. The first-order valence-electron chi connectivity index (χ1n) is 6.19. The molecule has 1 aromatic carbocycles. The molecule has 108 valence electrons. The van der Waals surface area contributed by atoms with Gasteiger partial charge in [0.05, 0.1) is 10.7 Å². The SMILES string of the molecule is CCCC1NC(=O)CN(c2c(Cl)cc(F)cc2Br)C1=O. The van der Waals surface area contributed by atoms with Gasteiger partial charge in [-0.2, -0.15) is 0 Å². The number of amides is 2. The number of carbonyl (C=O) groups is 2. The van der Waals surface area contributed by atoms with Gasteiger partial charge >= 0.3 is 0 Å². The standard InChI is InChI=1S/C13H13BrClFN2O2/c1-2-3-10-13(20)18(6-11(19)17-10)12-8(14)4-7(16)5-9(12)15/h4-5,10H,2-3,6H2,1H3,(H,17,19). The Bertz CT molecular complexity index is 544. The molecule has 7 heteroatoms. The maximum absolute atomic E-state index is 13.2. The van der Waals surface area contributed by atoms with Crippen LogP contribution in [0.5, 0.6) is 0 Å². The van der Waals surface area contributed by atoms with E-state index in [1.807, 2.05) is 6.92 Å². The summed E-state index contributed by atoms with van der Waals surface area (Å²) in [6, 6.07) is 1.78. The predicted octanol–water partition coefficient (Wildman–Crippen LogP) is 2.87. The van der Waals surface area contributed by atoms with Gasteiger partial charge in [0.2, 0.25) is 11.8 Å². The third-order valence-electron chi connectivity index (χ3n) is 3.03. The number of nitrogens with one attached hydrogen (secondary N) is 1. The van der Waals surface area contributed by atoms with E-state index in [2.05, 4.69) is 21.2 Å². The van der Waals surface area contributed by atoms with Gasteiger partial charge in [-0.1, -0.05) is 24.9 Å². The summed E-state index contributed by atoms with van der Waals surface area (Å²) in [4.78, 5) is 25.4. The van der Waals surface area contributed by atoms with E-state index in [1.165, 1.54) is 11.0 Å². The molecular weight excluding hydrogens is 351 g/mol. The van der Waals surface area contributed by atoms with Crippen molar-refractivity contribution >= 4 is 45.0 Å². The van der Waals surface area contributed by atoms with Crippen LogP contribution in [-0.4, -0.2) is 24.4 Å². The molecule has 2 rings (SSSR count). The Balaban J connectivity index is 2.40. The minimum absolute atomic E-state index is 0.0928. The molecule has 0 saturated carbocycles. The van der Waals surface area contributed by atoms with E-state index in [1.54, 1.807) is 0 Å².